The highest BCUT2D eigenvalue weighted by Gasteiger charge is 2.29. The summed E-state index contributed by atoms with van der Waals surface area (Å²) in [5, 5.41) is 89.3. The largest absolute Gasteiger partial charge is 0.481 e. The van der Waals surface area contributed by atoms with Gasteiger partial charge >= 0.3 is 53.8 Å². The molecule has 0 bridgehead atoms. The van der Waals surface area contributed by atoms with Gasteiger partial charge < -0.3 is 81.8 Å². The lowest BCUT2D eigenvalue weighted by Crippen LogP contribution is -2.53. The third kappa shape index (κ3) is 34.7. The summed E-state index contributed by atoms with van der Waals surface area (Å²) in [7, 11) is 0. The number of carboxylic acid groups (broad SMARTS) is 8. The van der Waals surface area contributed by atoms with Crippen molar-refractivity contribution in [2.75, 3.05) is 160 Å². The monoisotopic (exact) mass is 1330 g/mol. The maximum Gasteiger partial charge on any atom is 0.326 e. The highest BCUT2D eigenvalue weighted by Crippen LogP contribution is 2.22. The van der Waals surface area contributed by atoms with E-state index in [1.807, 2.05) is 24.3 Å². The van der Waals surface area contributed by atoms with Crippen molar-refractivity contribution in [3.05, 3.63) is 29.8 Å². The number of urea groups is 1. The number of aromatic nitrogens is 3. The maximum absolute atomic E-state index is 12.4. The highest BCUT2D eigenvalue weighted by molar-refractivity contribution is 5.86. The molecule has 3 atom stereocenters. The number of rotatable bonds is 46. The lowest BCUT2D eigenvalue weighted by Gasteiger charge is -2.37. The molecule has 2 fully saturated rings. The van der Waals surface area contributed by atoms with Crippen molar-refractivity contribution in [1.82, 2.24) is 55.4 Å². The van der Waals surface area contributed by atoms with Crippen molar-refractivity contribution in [3.63, 3.8) is 0 Å². The Bertz CT molecular complexity index is 2690. The van der Waals surface area contributed by atoms with Crippen molar-refractivity contribution in [3.8, 4) is 0 Å². The fraction of sp³-hybridized carbons (Fsp3) is 0.683. The molecule has 3 amide bonds. The Morgan fingerprint density at radius 3 is 1.59 bits per heavy atom. The van der Waals surface area contributed by atoms with Crippen LogP contribution in [0, 0.1) is 0 Å². The maximum atomic E-state index is 12.4. The van der Waals surface area contributed by atoms with Gasteiger partial charge in [-0.1, -0.05) is 50.7 Å². The van der Waals surface area contributed by atoms with Crippen LogP contribution in [0.25, 0.3) is 0 Å². The van der Waals surface area contributed by atoms with Crippen molar-refractivity contribution >= 4 is 83.2 Å². The first-order chi connectivity index (χ1) is 45.0. The summed E-state index contributed by atoms with van der Waals surface area (Å²) in [5.41, 5.74) is 1.41. The van der Waals surface area contributed by atoms with Crippen LogP contribution in [0.3, 0.4) is 0 Å². The van der Waals surface area contributed by atoms with Gasteiger partial charge in [-0.05, 0) is 69.2 Å². The molecular weight excluding hydrogens is 1240 g/mol. The number of piperazine rings is 1. The van der Waals surface area contributed by atoms with Crippen molar-refractivity contribution in [1.29, 1.82) is 0 Å². The van der Waals surface area contributed by atoms with E-state index in [2.05, 4.69) is 41.4 Å². The minimum atomic E-state index is -1.50. The molecule has 1 aromatic heterocycles. The molecule has 3 heterocycles. The second-order valence-corrected chi connectivity index (χ2v) is 23.2. The molecule has 0 radical (unpaired) electrons. The predicted octanol–water partition coefficient (Wildman–Crippen LogP) is 0.996. The summed E-state index contributed by atoms with van der Waals surface area (Å²) in [6.07, 6.45) is 8.57. The lowest BCUT2D eigenvalue weighted by atomic mass is 10.0. The van der Waals surface area contributed by atoms with Crippen molar-refractivity contribution in [2.24, 2.45) is 0 Å². The second kappa shape index (κ2) is 44.4. The normalized spacial score (nSPS) is 16.3. The Labute approximate surface area is 545 Å². The van der Waals surface area contributed by atoms with Gasteiger partial charge in [-0.25, -0.2) is 14.4 Å². The molecule has 2 aliphatic heterocycles. The first-order valence-corrected chi connectivity index (χ1v) is 32.0. The first kappa shape index (κ1) is 78.3. The quantitative estimate of drug-likeness (QED) is 0.0411. The van der Waals surface area contributed by atoms with E-state index in [1.165, 1.54) is 0 Å². The van der Waals surface area contributed by atoms with Crippen molar-refractivity contribution < 1.29 is 98.3 Å². The van der Waals surface area contributed by atoms with Crippen LogP contribution in [0.1, 0.15) is 102 Å². The number of hydrogen-bond acceptors (Lipinski definition) is 23. The average molecular weight is 1330 g/mol. The van der Waals surface area contributed by atoms with Crippen LogP contribution < -0.4 is 31.5 Å². The summed E-state index contributed by atoms with van der Waals surface area (Å²) in [4.78, 5) is 143. The molecule has 34 heteroatoms. The number of carbonyl (C=O) groups excluding carboxylic acids is 2. The number of hydrogen-bond donors (Lipinski definition) is 13. The summed E-state index contributed by atoms with van der Waals surface area (Å²) < 4.78 is 11.0. The second-order valence-electron chi connectivity index (χ2n) is 23.2. The van der Waals surface area contributed by atoms with Crippen LogP contribution in [0.2, 0.25) is 0 Å². The molecule has 13 N–H and O–H groups in total. The predicted molar refractivity (Wildman–Crippen MR) is 339 cm³/mol. The number of amides is 3. The molecular formula is C60H96N14O20. The number of aliphatic carboxylic acids is 8. The van der Waals surface area contributed by atoms with Gasteiger partial charge in [-0.3, -0.25) is 58.1 Å². The van der Waals surface area contributed by atoms with Crippen LogP contribution >= 0.6 is 0 Å². The Hall–Kier alpha value is -8.15. The van der Waals surface area contributed by atoms with Gasteiger partial charge in [0.25, 0.3) is 0 Å². The van der Waals surface area contributed by atoms with Gasteiger partial charge in [0, 0.05) is 110 Å². The molecule has 94 heavy (non-hydrogen) atoms. The number of nitrogens with one attached hydrogen (secondary N) is 5. The first-order valence-electron chi connectivity index (χ1n) is 32.0. The van der Waals surface area contributed by atoms with Gasteiger partial charge in [-0.15, -0.1) is 0 Å². The third-order valence-electron chi connectivity index (χ3n) is 15.6. The van der Waals surface area contributed by atoms with E-state index in [0.29, 0.717) is 63.0 Å². The third-order valence-corrected chi connectivity index (χ3v) is 15.6. The molecule has 2 aromatic rings. The van der Waals surface area contributed by atoms with Gasteiger partial charge in [0.1, 0.15) is 12.1 Å². The summed E-state index contributed by atoms with van der Waals surface area (Å²) >= 11 is 0. The highest BCUT2D eigenvalue weighted by atomic mass is 16.5. The SMILES string of the molecule is O=C(O)CCOCCOCCNc1nc(Nc2ccc(CC3CN(CC(=O)O)CCN(CC(=O)O)CCN(CC(=O)O)CCN3CC(=O)O)cc2)nc(N2CCN(CCCCCCCCCCC(=O)NCCCC[C@H](NC(=O)N[C@@H](CCC(=O)O)C(=O)O)C(=O)O)CC2)n1. The van der Waals surface area contributed by atoms with E-state index >= 15 is 0 Å². The molecule has 0 aliphatic carbocycles. The zero-order valence-electron chi connectivity index (χ0n) is 53.4. The fourth-order valence-electron chi connectivity index (χ4n) is 10.6. The summed E-state index contributed by atoms with van der Waals surface area (Å²) in [5.74, 6) is -8.45. The number of carbonyl (C=O) groups is 10. The molecule has 0 saturated carbocycles. The smallest absolute Gasteiger partial charge is 0.326 e. The van der Waals surface area contributed by atoms with Gasteiger partial charge in [0.05, 0.1) is 59.0 Å². The topological polar surface area (TPSA) is 469 Å². The fourth-order valence-corrected chi connectivity index (χ4v) is 10.6. The summed E-state index contributed by atoms with van der Waals surface area (Å²) in [6, 6.07) is 2.95. The molecule has 1 aromatic carbocycles. The van der Waals surface area contributed by atoms with Gasteiger partial charge in [0.15, 0.2) is 0 Å². The Balaban J connectivity index is 1.26. The van der Waals surface area contributed by atoms with E-state index in [1.54, 1.807) is 19.6 Å². The number of anilines is 4. The number of ether oxygens (including phenoxy) is 2. The molecule has 34 nitrogen and oxygen atoms in total. The van der Waals surface area contributed by atoms with Gasteiger partial charge in [0.2, 0.25) is 23.8 Å². The molecule has 2 saturated heterocycles. The van der Waals surface area contributed by atoms with Crippen LogP contribution in [-0.2, 0) is 59.0 Å². The minimum Gasteiger partial charge on any atom is -0.481 e. The molecule has 1 unspecified atom stereocenters. The van der Waals surface area contributed by atoms with Crippen LogP contribution in [-0.4, -0.2) is 302 Å². The van der Waals surface area contributed by atoms with Crippen LogP contribution in [0.5, 0.6) is 0 Å². The Kier molecular flexibility index (Phi) is 37.0. The number of carboxylic acids is 8. The van der Waals surface area contributed by atoms with E-state index in [-0.39, 0.29) is 129 Å². The molecule has 0 spiro atoms. The van der Waals surface area contributed by atoms with Crippen LogP contribution in [0.15, 0.2) is 24.3 Å². The molecule has 4 rings (SSSR count). The average Bonchev–Trinajstić information content (AvgIpc) is 0.871. The van der Waals surface area contributed by atoms with E-state index in [4.69, 9.17) is 29.7 Å². The van der Waals surface area contributed by atoms with Crippen molar-refractivity contribution in [2.45, 2.75) is 121 Å². The molecule has 2 aliphatic rings. The standard InChI is InChI=1S/C60H96N14O20/c75-48(61-20-9-8-11-46(55(88)89)64-60(92)65-47(56(90)91)17-18-49(76)77)12-7-5-3-1-2-4-6-10-22-69-27-30-73(31-28-69)59-67-57(62-21-34-94-36-35-93-33-19-50(78)79)66-58(68-59)63-44-15-13-43(14-16-44)37-45-38-72(41-53(84)85)26-25-70(39-51(80)81)23-24-71(40-52(82)83)29-32-74(45)42-54(86)87/h13-16,45-47H,1-12,17-42H2,(H,61,75)(H,76,77)(H,78,79)(H,80,81)(H,82,83)(H,84,85)(H,86,87)(H,88,89)(H,90,91)(H2,64,65,92)(H2,62,63,66,67,68)/t45?,46-,47-/m0/s1. The van der Waals surface area contributed by atoms with E-state index < -0.39 is 84.9 Å². The Morgan fingerprint density at radius 2 is 1.00 bits per heavy atom. The van der Waals surface area contributed by atoms with Gasteiger partial charge in [-0.2, -0.15) is 15.0 Å². The number of unbranched alkanes of at least 4 members (excludes halogenated alkanes) is 8. The molecule has 526 valence electrons. The Morgan fingerprint density at radius 1 is 0.479 bits per heavy atom. The zero-order chi connectivity index (χ0) is 68.6. The van der Waals surface area contributed by atoms with E-state index in [0.717, 1.165) is 76.6 Å². The van der Waals surface area contributed by atoms with E-state index in [9.17, 15) is 78.6 Å². The minimum absolute atomic E-state index is 0.0360. The lowest BCUT2D eigenvalue weighted by molar-refractivity contribution is -0.142. The summed E-state index contributed by atoms with van der Waals surface area (Å²) in [6.45, 7) is 5.04. The number of benzene rings is 1. The number of nitrogens with zero attached hydrogens (tertiary/aromatic N) is 9. The zero-order valence-corrected chi connectivity index (χ0v) is 53.4. The van der Waals surface area contributed by atoms with Crippen LogP contribution in [0.4, 0.5) is 28.3 Å².